The van der Waals surface area contributed by atoms with Crippen molar-refractivity contribution in [2.75, 3.05) is 23.8 Å². The molecule has 2 N–H and O–H groups in total. The number of Topliss-reactive ketones (excluding diaryl/α,β-unsaturated/α-hetero) is 1. The van der Waals surface area contributed by atoms with Gasteiger partial charge in [0.05, 0.1) is 17.5 Å². The summed E-state index contributed by atoms with van der Waals surface area (Å²) in [4.78, 5) is 35.5. The molecule has 1 aromatic carbocycles. The topological polar surface area (TPSA) is 120 Å². The van der Waals surface area contributed by atoms with Crippen LogP contribution in [0.15, 0.2) is 22.5 Å². The number of carbonyl (C=O) groups is 3. The predicted molar refractivity (Wildman–Crippen MR) is 101 cm³/mol. The molecule has 2 amide bonds. The van der Waals surface area contributed by atoms with Gasteiger partial charge in [0.1, 0.15) is 5.75 Å². The van der Waals surface area contributed by atoms with Gasteiger partial charge in [0.15, 0.2) is 16.7 Å². The minimum atomic E-state index is -0.604. The number of benzene rings is 1. The van der Waals surface area contributed by atoms with Crippen LogP contribution in [0.2, 0.25) is 0 Å². The molecular weight excluding hydrogens is 392 g/mol. The molecule has 2 aromatic rings. The summed E-state index contributed by atoms with van der Waals surface area (Å²) in [5, 5.41) is 12.8. The number of nitrogens with zero attached hydrogens (tertiary/aromatic N) is 2. The Morgan fingerprint density at radius 2 is 2.26 bits per heavy atom. The van der Waals surface area contributed by atoms with Crippen LogP contribution in [0.1, 0.15) is 24.2 Å². The molecule has 0 saturated carbocycles. The third kappa shape index (κ3) is 4.74. The molecule has 1 aliphatic rings. The van der Waals surface area contributed by atoms with Crippen LogP contribution >= 0.6 is 23.1 Å². The summed E-state index contributed by atoms with van der Waals surface area (Å²) >= 11 is 2.38. The molecule has 11 heteroatoms. The van der Waals surface area contributed by atoms with E-state index in [0.29, 0.717) is 26.5 Å². The largest absolute Gasteiger partial charge is 0.482 e. The van der Waals surface area contributed by atoms with Crippen molar-refractivity contribution in [1.29, 1.82) is 0 Å². The summed E-state index contributed by atoms with van der Waals surface area (Å²) in [6.07, 6.45) is -0.604. The van der Waals surface area contributed by atoms with Gasteiger partial charge in [-0.3, -0.25) is 14.9 Å². The fourth-order valence-electron chi connectivity index (χ4n) is 2.24. The van der Waals surface area contributed by atoms with Gasteiger partial charge >= 0.3 is 6.09 Å². The summed E-state index contributed by atoms with van der Waals surface area (Å²) in [5.74, 6) is 0.146. The van der Waals surface area contributed by atoms with Crippen molar-refractivity contribution in [3.63, 3.8) is 0 Å². The first-order valence-electron chi connectivity index (χ1n) is 8.01. The Bertz CT molecular complexity index is 885. The third-order valence-corrected chi connectivity index (χ3v) is 5.46. The maximum atomic E-state index is 12.7. The second-order valence-corrected chi connectivity index (χ2v) is 7.96. The van der Waals surface area contributed by atoms with Gasteiger partial charge in [0, 0.05) is 5.56 Å². The highest BCUT2D eigenvalue weighted by Gasteiger charge is 2.22. The number of hydrogen-bond donors (Lipinski definition) is 2. The minimum Gasteiger partial charge on any atom is -0.482 e. The maximum Gasteiger partial charge on any atom is 0.413 e. The molecule has 0 aliphatic carbocycles. The molecule has 2 heterocycles. The van der Waals surface area contributed by atoms with Crippen molar-refractivity contribution in [3.05, 3.63) is 23.8 Å². The van der Waals surface area contributed by atoms with Crippen molar-refractivity contribution in [2.24, 2.45) is 0 Å². The van der Waals surface area contributed by atoms with E-state index in [1.165, 1.54) is 11.8 Å². The van der Waals surface area contributed by atoms with Crippen LogP contribution in [-0.2, 0) is 9.53 Å². The molecule has 27 heavy (non-hydrogen) atoms. The summed E-state index contributed by atoms with van der Waals surface area (Å²) in [7, 11) is 0. The lowest BCUT2D eigenvalue weighted by Crippen LogP contribution is -2.25. The fourth-order valence-corrected chi connectivity index (χ4v) is 4.20. The highest BCUT2D eigenvalue weighted by atomic mass is 32.2. The van der Waals surface area contributed by atoms with Crippen molar-refractivity contribution in [1.82, 2.24) is 10.2 Å². The van der Waals surface area contributed by atoms with E-state index in [1.807, 2.05) is 0 Å². The van der Waals surface area contributed by atoms with Gasteiger partial charge in [0.25, 0.3) is 5.91 Å². The number of carbonyl (C=O) groups excluding carboxylic acids is 3. The molecule has 142 valence electrons. The number of fused-ring (bicyclic) bond motifs is 1. The van der Waals surface area contributed by atoms with Crippen LogP contribution in [0.3, 0.4) is 0 Å². The maximum absolute atomic E-state index is 12.7. The van der Waals surface area contributed by atoms with Gasteiger partial charge < -0.3 is 14.8 Å². The number of hydrogen-bond acceptors (Lipinski definition) is 9. The predicted octanol–water partition coefficient (Wildman–Crippen LogP) is 2.80. The highest BCUT2D eigenvalue weighted by molar-refractivity contribution is 8.02. The second-order valence-electron chi connectivity index (χ2n) is 5.39. The zero-order valence-electron chi connectivity index (χ0n) is 14.5. The molecule has 0 spiro atoms. The number of ether oxygens (including phenoxy) is 2. The van der Waals surface area contributed by atoms with Crippen LogP contribution in [0.25, 0.3) is 0 Å². The standard InChI is InChI=1S/C16H16N4O5S2/c1-3-24-15(23)18-14-19-20-16(27-14)26-8(2)13(22)9-4-5-11-10(6-9)17-12(21)7-25-11/h4-6,8H,3,7H2,1-2H3,(H,17,21)(H,18,19,23). The zero-order valence-corrected chi connectivity index (χ0v) is 16.1. The van der Waals surface area contributed by atoms with Gasteiger partial charge in [-0.05, 0) is 32.0 Å². The number of nitrogens with one attached hydrogen (secondary N) is 2. The Morgan fingerprint density at radius 3 is 3.04 bits per heavy atom. The SMILES string of the molecule is CCOC(=O)Nc1nnc(SC(C)C(=O)c2ccc3c(c2)NC(=O)CO3)s1. The molecular formula is C16H16N4O5S2. The molecule has 1 aliphatic heterocycles. The lowest BCUT2D eigenvalue weighted by atomic mass is 10.1. The van der Waals surface area contributed by atoms with Gasteiger partial charge in [-0.1, -0.05) is 23.1 Å². The first-order chi connectivity index (χ1) is 13.0. The number of ketones is 1. The van der Waals surface area contributed by atoms with E-state index >= 15 is 0 Å². The Hall–Kier alpha value is -2.66. The van der Waals surface area contributed by atoms with E-state index < -0.39 is 11.3 Å². The Labute approximate surface area is 162 Å². The van der Waals surface area contributed by atoms with Crippen LogP contribution in [0, 0.1) is 0 Å². The molecule has 0 bridgehead atoms. The second kappa shape index (κ2) is 8.35. The average molecular weight is 408 g/mol. The smallest absolute Gasteiger partial charge is 0.413 e. The van der Waals surface area contributed by atoms with E-state index in [0.717, 1.165) is 11.3 Å². The lowest BCUT2D eigenvalue weighted by molar-refractivity contribution is -0.118. The Morgan fingerprint density at radius 1 is 1.44 bits per heavy atom. The van der Waals surface area contributed by atoms with Crippen molar-refractivity contribution in [3.8, 4) is 5.75 Å². The molecule has 9 nitrogen and oxygen atoms in total. The summed E-state index contributed by atoms with van der Waals surface area (Å²) < 4.78 is 10.6. The molecule has 0 radical (unpaired) electrons. The number of amides is 2. The van der Waals surface area contributed by atoms with Crippen LogP contribution in [-0.4, -0.2) is 46.4 Å². The Balaban J connectivity index is 1.64. The van der Waals surface area contributed by atoms with Crippen molar-refractivity contribution >= 4 is 51.7 Å². The minimum absolute atomic E-state index is 0.0359. The highest BCUT2D eigenvalue weighted by Crippen LogP contribution is 2.33. The van der Waals surface area contributed by atoms with E-state index in [4.69, 9.17) is 9.47 Å². The van der Waals surface area contributed by atoms with Crippen molar-refractivity contribution in [2.45, 2.75) is 23.4 Å². The van der Waals surface area contributed by atoms with E-state index in [1.54, 1.807) is 32.0 Å². The summed E-state index contributed by atoms with van der Waals surface area (Å²) in [5.41, 5.74) is 0.931. The first kappa shape index (κ1) is 19.1. The molecule has 0 fully saturated rings. The van der Waals surface area contributed by atoms with Gasteiger partial charge in [-0.2, -0.15) is 0 Å². The molecule has 1 aromatic heterocycles. The molecule has 0 saturated heterocycles. The average Bonchev–Trinajstić information content (AvgIpc) is 3.07. The zero-order chi connectivity index (χ0) is 19.4. The third-order valence-electron chi connectivity index (χ3n) is 3.43. The number of thioether (sulfide) groups is 1. The monoisotopic (exact) mass is 408 g/mol. The summed E-state index contributed by atoms with van der Waals surface area (Å²) in [6.45, 7) is 3.67. The lowest BCUT2D eigenvalue weighted by Gasteiger charge is -2.18. The number of rotatable bonds is 6. The quantitative estimate of drug-likeness (QED) is 0.425. The fraction of sp³-hybridized carbons (Fsp3) is 0.312. The number of aromatic nitrogens is 2. The van der Waals surface area contributed by atoms with E-state index in [-0.39, 0.29) is 24.9 Å². The van der Waals surface area contributed by atoms with Gasteiger partial charge in [-0.15, -0.1) is 10.2 Å². The Kier molecular flexibility index (Phi) is 5.91. The van der Waals surface area contributed by atoms with Crippen molar-refractivity contribution < 1.29 is 23.9 Å². The summed E-state index contributed by atoms with van der Waals surface area (Å²) in [6, 6.07) is 4.91. The van der Waals surface area contributed by atoms with E-state index in [2.05, 4.69) is 20.8 Å². The number of anilines is 2. The van der Waals surface area contributed by atoms with Crippen LogP contribution in [0.4, 0.5) is 15.6 Å². The van der Waals surface area contributed by atoms with E-state index in [9.17, 15) is 14.4 Å². The van der Waals surface area contributed by atoms with Gasteiger partial charge in [0.2, 0.25) is 5.13 Å². The molecule has 3 rings (SSSR count). The normalized spacial score (nSPS) is 13.8. The first-order valence-corrected chi connectivity index (χ1v) is 9.70. The molecule has 1 atom stereocenters. The molecule has 1 unspecified atom stereocenters. The van der Waals surface area contributed by atoms with Gasteiger partial charge in [-0.25, -0.2) is 4.79 Å². The van der Waals surface area contributed by atoms with Crippen LogP contribution in [0.5, 0.6) is 5.75 Å². The van der Waals surface area contributed by atoms with Crippen LogP contribution < -0.4 is 15.4 Å².